The molecule has 9 aromatic rings. The molecule has 8 fully saturated rings. The number of aliphatic hydroxyl groups excluding tert-OH is 6. The number of nitrogens with zero attached hydrogens (tertiary/aromatic N) is 18. The predicted octanol–water partition coefficient (Wildman–Crippen LogP) is 7.07. The molecule has 0 unspecified atom stereocenters. The van der Waals surface area contributed by atoms with E-state index >= 15 is 0 Å². The molecule has 9 N–H and O–H groups in total. The Kier molecular flexibility index (Phi) is 31.7. The van der Waals surface area contributed by atoms with Crippen LogP contribution in [0.1, 0.15) is 42.9 Å². The molecule has 0 spiro atoms. The molecule has 0 saturated carbocycles. The topological polar surface area (TPSA) is 433 Å². The molecule has 17 rings (SSSR count). The molecule has 11 heterocycles. The third kappa shape index (κ3) is 24.2. The van der Waals surface area contributed by atoms with Gasteiger partial charge in [-0.25, -0.2) is 51.9 Å². The minimum Gasteiger partial charge on any atom is -0.486 e. The number of aromatic nitrogens is 6. The minimum atomic E-state index is -3.45. The van der Waals surface area contributed by atoms with E-state index in [1.165, 1.54) is 36.1 Å². The van der Waals surface area contributed by atoms with Crippen LogP contribution in [0, 0.1) is 34.0 Å². The maximum atomic E-state index is 14.9. The highest BCUT2D eigenvalue weighted by atomic mass is 19.3. The zero-order valence-corrected chi connectivity index (χ0v) is 74.2. The van der Waals surface area contributed by atoms with Gasteiger partial charge in [-0.1, -0.05) is 0 Å². The van der Waals surface area contributed by atoms with Crippen LogP contribution >= 0.6 is 0 Å². The number of nitrogens with one attached hydrogen (secondary N) is 3. The predicted molar refractivity (Wildman–Crippen MR) is 488 cm³/mol. The second kappa shape index (κ2) is 44.3. The molecule has 0 aliphatic carbocycles. The zero-order valence-electron chi connectivity index (χ0n) is 74.2. The summed E-state index contributed by atoms with van der Waals surface area (Å²) >= 11 is 0. The van der Waals surface area contributed by atoms with E-state index in [2.05, 4.69) is 118 Å². The Morgan fingerprint density at radius 2 is 0.807 bits per heavy atom. The summed E-state index contributed by atoms with van der Waals surface area (Å²) in [6.45, 7) is 13.4. The quantitative estimate of drug-likeness (QED) is 0.0232. The van der Waals surface area contributed by atoms with Crippen molar-refractivity contribution in [3.8, 4) is 69.6 Å². The fourth-order valence-corrected chi connectivity index (χ4v) is 17.0. The van der Waals surface area contributed by atoms with Crippen molar-refractivity contribution in [1.29, 1.82) is 15.8 Å². The zero-order chi connectivity index (χ0) is 94.9. The molecule has 0 bridgehead atoms. The van der Waals surface area contributed by atoms with Crippen LogP contribution in [0.25, 0.3) is 34.2 Å². The third-order valence-corrected chi connectivity index (χ3v) is 24.8. The highest BCUT2D eigenvalue weighted by molar-refractivity contribution is 5.82. The first kappa shape index (κ1) is 96.4. The van der Waals surface area contributed by atoms with E-state index in [0.29, 0.717) is 70.2 Å². The van der Waals surface area contributed by atoms with Gasteiger partial charge >= 0.3 is 11.8 Å². The molecule has 3 amide bonds. The van der Waals surface area contributed by atoms with Crippen LogP contribution in [0.5, 0.6) is 17.2 Å². The molecule has 40 heteroatoms. The van der Waals surface area contributed by atoms with Gasteiger partial charge in [-0.2, -0.15) is 15.8 Å². The monoisotopic (exact) mass is 1860 g/mol. The van der Waals surface area contributed by atoms with Crippen molar-refractivity contribution in [2.75, 3.05) is 201 Å². The Morgan fingerprint density at radius 3 is 1.12 bits per heavy atom. The number of carbonyl (C=O) groups excluding carboxylic acids is 3. The molecule has 7 atom stereocenters. The lowest BCUT2D eigenvalue weighted by atomic mass is 10.0. The Hall–Kier alpha value is -13.2. The number of halogens is 5. The van der Waals surface area contributed by atoms with Crippen LogP contribution in [-0.2, 0) is 23.9 Å². The van der Waals surface area contributed by atoms with Crippen LogP contribution in [0.2, 0.25) is 0 Å². The number of carbonyl (C=O) groups is 3. The minimum absolute atomic E-state index is 0.0288. The van der Waals surface area contributed by atoms with Gasteiger partial charge in [0.25, 0.3) is 17.7 Å². The van der Waals surface area contributed by atoms with E-state index in [-0.39, 0.29) is 86.0 Å². The van der Waals surface area contributed by atoms with Crippen LogP contribution in [0.4, 0.5) is 73.5 Å². The van der Waals surface area contributed by atoms with E-state index in [0.717, 1.165) is 149 Å². The van der Waals surface area contributed by atoms with Gasteiger partial charge in [-0.15, -0.1) is 0 Å². The van der Waals surface area contributed by atoms with Gasteiger partial charge in [0.05, 0.1) is 94.7 Å². The molecule has 710 valence electrons. The number of β-amino-alcohol motifs (C(OH)–C–C–N with tert-alkyl or cyclic N) is 1. The lowest BCUT2D eigenvalue weighted by Crippen LogP contribution is -2.57. The van der Waals surface area contributed by atoms with Crippen molar-refractivity contribution in [2.45, 2.75) is 92.9 Å². The molecule has 6 aromatic carbocycles. The fourth-order valence-electron chi connectivity index (χ4n) is 17.0. The number of likely N-dealkylation sites (tertiary alicyclic amines) is 3. The maximum Gasteiger partial charge on any atom is 0.301 e. The molecule has 3 aromatic heterocycles. The lowest BCUT2D eigenvalue weighted by molar-refractivity contribution is -0.167. The van der Waals surface area contributed by atoms with Gasteiger partial charge in [0.1, 0.15) is 65.1 Å². The van der Waals surface area contributed by atoms with Crippen molar-refractivity contribution < 1.29 is 90.7 Å². The first-order chi connectivity index (χ1) is 65.3. The number of hydrogen-bond donors (Lipinski definition) is 9. The highest BCUT2D eigenvalue weighted by Gasteiger charge is 2.50. The maximum absolute atomic E-state index is 14.9. The number of alkyl halides is 5. The van der Waals surface area contributed by atoms with Crippen LogP contribution in [0.15, 0.2) is 164 Å². The number of rotatable bonds is 27. The van der Waals surface area contributed by atoms with Crippen molar-refractivity contribution >= 4 is 69.3 Å². The number of amides is 3. The van der Waals surface area contributed by atoms with Gasteiger partial charge in [-0.3, -0.25) is 29.1 Å². The Labute approximate surface area is 776 Å². The molecule has 8 aliphatic heterocycles. The Morgan fingerprint density at radius 1 is 0.459 bits per heavy atom. The number of ether oxygens (including phenoxy) is 5. The van der Waals surface area contributed by atoms with Gasteiger partial charge in [-0.05, 0) is 153 Å². The van der Waals surface area contributed by atoms with Gasteiger partial charge in [0, 0.05) is 193 Å². The number of anilines is 9. The lowest BCUT2D eigenvalue weighted by Gasteiger charge is -2.43. The Bertz CT molecular complexity index is 5450. The van der Waals surface area contributed by atoms with Crippen LogP contribution in [-0.4, -0.2) is 345 Å². The SMILES string of the molecule is C[C@H](O)C(=O)N1CC[C@H](Oc2ccc(-c3nccc(Nc4ccc(N5CCN(CCO)CC5)cc4)n3)cc2C#N)[C@H](F)C1.N#Cc1cc(-c2nccc(Nc3ccc(N4CCN(C5COC5)CC4)cc3)n2)ccc1O[C@H]1CCN(C(=O)[C@@H](O)CO)CC1(F)F.N#Cc1cc(-c2nccc(Nc3ccc(N4CCN(C5COC5)CC4)cc3)n2)ccc1O[C@H]1CCN(C(=O)[C@H](O)CO)CC1(F)F. The molecule has 135 heavy (non-hydrogen) atoms. The Balaban J connectivity index is 0.000000154. The first-order valence-electron chi connectivity index (χ1n) is 44.8. The van der Waals surface area contributed by atoms with E-state index in [9.17, 15) is 67.4 Å². The van der Waals surface area contributed by atoms with Crippen LogP contribution < -0.4 is 44.9 Å². The molecule has 35 nitrogen and oxygen atoms in total. The van der Waals surface area contributed by atoms with E-state index in [4.69, 9.17) is 39.0 Å². The highest BCUT2D eigenvalue weighted by Crippen LogP contribution is 2.39. The summed E-state index contributed by atoms with van der Waals surface area (Å²) in [5, 5.41) is 94.9. The number of piperazine rings is 3. The largest absolute Gasteiger partial charge is 0.486 e. The van der Waals surface area contributed by atoms with Gasteiger partial charge < -0.3 is 99.7 Å². The summed E-state index contributed by atoms with van der Waals surface area (Å²) in [7, 11) is 0. The molecule has 8 aliphatic rings. The summed E-state index contributed by atoms with van der Waals surface area (Å²) < 4.78 is 102. The molecular formula is C95H106F5N21O14. The van der Waals surface area contributed by atoms with Crippen molar-refractivity contribution in [1.82, 2.24) is 59.3 Å². The smallest absolute Gasteiger partial charge is 0.301 e. The fraction of sp³-hybridized carbons (Fsp3) is 0.432. The average Bonchev–Trinajstić information content (AvgIpc) is 0.702. The summed E-state index contributed by atoms with van der Waals surface area (Å²) in [6, 6.07) is 50.8. The van der Waals surface area contributed by atoms with E-state index in [1.54, 1.807) is 67.1 Å². The number of benzene rings is 6. The molecule has 8 saturated heterocycles. The van der Waals surface area contributed by atoms with Gasteiger partial charge in [0.2, 0.25) is 0 Å². The van der Waals surface area contributed by atoms with Crippen molar-refractivity contribution in [2.24, 2.45) is 0 Å². The van der Waals surface area contributed by atoms with E-state index < -0.39 is 98.7 Å². The third-order valence-electron chi connectivity index (χ3n) is 24.8. The summed E-state index contributed by atoms with van der Waals surface area (Å²) in [4.78, 5) is 80.2. The number of hydrogen-bond acceptors (Lipinski definition) is 32. The standard InChI is InChI=1S/2C32H35F2N7O5.C31H36FN7O4/c2*33-32(34)20-41(31(44)26(43)17-42)10-8-28(32)46-27-6-1-21(15-22(27)16-35)30-36-9-7-29(38-30)37-23-2-4-24(5-3-23)39-11-13-40(14-12-39)25-18-45-19-25;1-21(41)31(42)39-11-9-28(26(32)20-39)43-27-7-2-22(18-23(27)19-33)30-34-10-8-29(36-30)35-24-3-5-25(6-4-24)38-14-12-37(13-15-38)16-17-40/h2*1-7,9,15,25-26,28,42-43H,8,10-14,17-20H2,(H,36,37,38);2-8,10,18,21,26,28,40-41H,9,11-17,20H2,1H3,(H,34,35,36)/t26-,28+;26-,28-;21-,26+,28-/m100/s1. The average molecular weight is 1860 g/mol. The number of piperidine rings is 3. The number of aliphatic hydroxyl groups is 6. The summed E-state index contributed by atoms with van der Waals surface area (Å²) in [5.74, 6) is -6.41. The number of nitriles is 3. The second-order valence-electron chi connectivity index (χ2n) is 33.9. The summed E-state index contributed by atoms with van der Waals surface area (Å²) in [6.07, 6.45) is -5.56. The van der Waals surface area contributed by atoms with E-state index in [1.807, 2.05) is 48.5 Å². The normalized spacial score (nSPS) is 20.5. The molecular weight excluding hydrogens is 1750 g/mol. The van der Waals surface area contributed by atoms with Crippen LogP contribution in [0.3, 0.4) is 0 Å². The molecule has 0 radical (unpaired) electrons. The van der Waals surface area contributed by atoms with Gasteiger partial charge in [0.15, 0.2) is 48.1 Å². The van der Waals surface area contributed by atoms with Crippen molar-refractivity contribution in [3.63, 3.8) is 0 Å². The first-order valence-corrected chi connectivity index (χ1v) is 44.8. The second-order valence-corrected chi connectivity index (χ2v) is 33.9. The van der Waals surface area contributed by atoms with Crippen molar-refractivity contribution in [3.05, 3.63) is 181 Å². The summed E-state index contributed by atoms with van der Waals surface area (Å²) in [5.41, 5.74) is 7.91.